The van der Waals surface area contributed by atoms with E-state index in [1.165, 1.54) is 5.56 Å². The van der Waals surface area contributed by atoms with Crippen LogP contribution in [0.5, 0.6) is 5.75 Å². The van der Waals surface area contributed by atoms with Crippen LogP contribution in [0.4, 0.5) is 0 Å². The molecule has 0 bridgehead atoms. The van der Waals surface area contributed by atoms with Crippen molar-refractivity contribution in [1.82, 2.24) is 20.3 Å². The fourth-order valence-electron chi connectivity index (χ4n) is 4.87. The summed E-state index contributed by atoms with van der Waals surface area (Å²) in [5.74, 6) is 0.809. The normalized spacial score (nSPS) is 22.1. The number of rotatable bonds is 3. The SMILES string of the molecule is COc1ccc(-c2cn([C@@H]3c4ccccc4C4(CCNCC4)[C@H]3O)nn2)cc1.Cl. The first-order valence-corrected chi connectivity index (χ1v) is 9.77. The minimum absolute atomic E-state index is 0. The molecule has 0 amide bonds. The Hall–Kier alpha value is -2.41. The molecule has 0 saturated carbocycles. The van der Waals surface area contributed by atoms with E-state index in [0.29, 0.717) is 0 Å². The molecule has 29 heavy (non-hydrogen) atoms. The molecule has 1 aliphatic heterocycles. The van der Waals surface area contributed by atoms with Gasteiger partial charge in [0.2, 0.25) is 0 Å². The lowest BCUT2D eigenvalue weighted by Gasteiger charge is -2.38. The minimum Gasteiger partial charge on any atom is -0.497 e. The fraction of sp³-hybridized carbons (Fsp3) is 0.364. The van der Waals surface area contributed by atoms with Gasteiger partial charge in [0.15, 0.2) is 0 Å². The standard InChI is InChI=1S/C22H24N4O2.ClH/c1-28-16-8-6-15(7-9-16)19-14-26(25-24-19)20-17-4-2-3-5-18(17)22(21(20)27)10-12-23-13-11-22;/h2-9,14,20-21,23,27H,10-13H2,1H3;1H/t20-,21+;/m1./s1. The van der Waals surface area contributed by atoms with Crippen LogP contribution >= 0.6 is 12.4 Å². The summed E-state index contributed by atoms with van der Waals surface area (Å²) < 4.78 is 7.06. The Kier molecular flexibility index (Phi) is 5.34. The molecule has 152 valence electrons. The van der Waals surface area contributed by atoms with Crippen LogP contribution in [0.15, 0.2) is 54.7 Å². The van der Waals surface area contributed by atoms with Crippen molar-refractivity contribution in [2.75, 3.05) is 20.2 Å². The number of aromatic nitrogens is 3. The molecule has 3 aromatic rings. The highest BCUT2D eigenvalue weighted by atomic mass is 35.5. The van der Waals surface area contributed by atoms with Crippen molar-refractivity contribution in [3.8, 4) is 17.0 Å². The number of aliphatic hydroxyl groups excluding tert-OH is 1. The monoisotopic (exact) mass is 412 g/mol. The zero-order chi connectivity index (χ0) is 19.1. The van der Waals surface area contributed by atoms with Crippen molar-refractivity contribution in [3.05, 3.63) is 65.9 Å². The first-order valence-electron chi connectivity index (χ1n) is 9.77. The fourth-order valence-corrected chi connectivity index (χ4v) is 4.87. The highest BCUT2D eigenvalue weighted by Crippen LogP contribution is 2.51. The molecule has 1 spiro atoms. The van der Waals surface area contributed by atoms with Gasteiger partial charge in [0.05, 0.1) is 19.4 Å². The number of fused-ring (bicyclic) bond motifs is 2. The van der Waals surface area contributed by atoms with Crippen molar-refractivity contribution in [1.29, 1.82) is 0 Å². The number of benzene rings is 2. The number of nitrogens with one attached hydrogen (secondary N) is 1. The van der Waals surface area contributed by atoms with Crippen LogP contribution in [-0.4, -0.2) is 46.4 Å². The number of halogens is 1. The topological polar surface area (TPSA) is 72.2 Å². The third kappa shape index (κ3) is 3.12. The van der Waals surface area contributed by atoms with E-state index in [0.717, 1.165) is 48.5 Å². The molecular formula is C22H25ClN4O2. The predicted molar refractivity (Wildman–Crippen MR) is 114 cm³/mol. The molecule has 0 unspecified atom stereocenters. The average Bonchev–Trinajstić information content (AvgIpc) is 3.32. The van der Waals surface area contributed by atoms with Crippen molar-refractivity contribution < 1.29 is 9.84 Å². The lowest BCUT2D eigenvalue weighted by atomic mass is 9.72. The van der Waals surface area contributed by atoms with Gasteiger partial charge in [-0.2, -0.15) is 0 Å². The van der Waals surface area contributed by atoms with E-state index >= 15 is 0 Å². The van der Waals surface area contributed by atoms with Gasteiger partial charge in [-0.15, -0.1) is 17.5 Å². The Labute approximate surface area is 176 Å². The second-order valence-corrected chi connectivity index (χ2v) is 7.70. The average molecular weight is 413 g/mol. The van der Waals surface area contributed by atoms with Gasteiger partial charge in [-0.05, 0) is 61.3 Å². The summed E-state index contributed by atoms with van der Waals surface area (Å²) in [5, 5.41) is 23.7. The number of nitrogens with zero attached hydrogens (tertiary/aromatic N) is 3. The van der Waals surface area contributed by atoms with Gasteiger partial charge in [0.25, 0.3) is 0 Å². The van der Waals surface area contributed by atoms with Gasteiger partial charge < -0.3 is 15.2 Å². The number of methoxy groups -OCH3 is 1. The quantitative estimate of drug-likeness (QED) is 0.692. The van der Waals surface area contributed by atoms with E-state index in [1.54, 1.807) is 7.11 Å². The smallest absolute Gasteiger partial charge is 0.118 e. The van der Waals surface area contributed by atoms with Crippen LogP contribution < -0.4 is 10.1 Å². The Morgan fingerprint density at radius 2 is 1.83 bits per heavy atom. The molecular weight excluding hydrogens is 388 g/mol. The van der Waals surface area contributed by atoms with E-state index < -0.39 is 6.10 Å². The molecule has 1 aromatic heterocycles. The second-order valence-electron chi connectivity index (χ2n) is 7.70. The van der Waals surface area contributed by atoms with Crippen LogP contribution in [0.2, 0.25) is 0 Å². The maximum atomic E-state index is 11.5. The minimum atomic E-state index is -0.516. The number of hydrogen-bond donors (Lipinski definition) is 2. The van der Waals surface area contributed by atoms with E-state index in [2.05, 4.69) is 33.8 Å². The first kappa shape index (κ1) is 19.9. The highest BCUT2D eigenvalue weighted by Gasteiger charge is 2.52. The van der Waals surface area contributed by atoms with Crippen LogP contribution in [-0.2, 0) is 5.41 Å². The summed E-state index contributed by atoms with van der Waals surface area (Å²) in [4.78, 5) is 0. The molecule has 2 aromatic carbocycles. The Balaban J connectivity index is 0.00000205. The van der Waals surface area contributed by atoms with E-state index in [1.807, 2.05) is 41.2 Å². The lowest BCUT2D eigenvalue weighted by Crippen LogP contribution is -2.47. The van der Waals surface area contributed by atoms with Crippen molar-refractivity contribution in [2.45, 2.75) is 30.4 Å². The molecule has 1 fully saturated rings. The number of ether oxygens (including phenoxy) is 1. The van der Waals surface area contributed by atoms with E-state index in [9.17, 15) is 5.11 Å². The third-order valence-electron chi connectivity index (χ3n) is 6.36. The van der Waals surface area contributed by atoms with Crippen LogP contribution in [0.3, 0.4) is 0 Å². The van der Waals surface area contributed by atoms with E-state index in [4.69, 9.17) is 4.74 Å². The molecule has 5 rings (SSSR count). The van der Waals surface area contributed by atoms with Crippen LogP contribution in [0.25, 0.3) is 11.3 Å². The van der Waals surface area contributed by atoms with Gasteiger partial charge in [0, 0.05) is 11.0 Å². The lowest BCUT2D eigenvalue weighted by molar-refractivity contribution is 0.0421. The van der Waals surface area contributed by atoms with Gasteiger partial charge in [-0.25, -0.2) is 4.68 Å². The van der Waals surface area contributed by atoms with Crippen LogP contribution in [0.1, 0.15) is 30.0 Å². The molecule has 1 aliphatic carbocycles. The molecule has 0 radical (unpaired) electrons. The summed E-state index contributed by atoms with van der Waals surface area (Å²) in [7, 11) is 1.65. The second kappa shape index (κ2) is 7.78. The van der Waals surface area contributed by atoms with Gasteiger partial charge >= 0.3 is 0 Å². The molecule has 1 saturated heterocycles. The van der Waals surface area contributed by atoms with Crippen molar-refractivity contribution >= 4 is 12.4 Å². The summed E-state index contributed by atoms with van der Waals surface area (Å²) in [6, 6.07) is 16.0. The summed E-state index contributed by atoms with van der Waals surface area (Å²) in [5.41, 5.74) is 3.97. The zero-order valence-electron chi connectivity index (χ0n) is 16.3. The Morgan fingerprint density at radius 3 is 2.55 bits per heavy atom. The Morgan fingerprint density at radius 1 is 1.10 bits per heavy atom. The first-order chi connectivity index (χ1) is 13.7. The third-order valence-corrected chi connectivity index (χ3v) is 6.36. The molecule has 2 heterocycles. The maximum absolute atomic E-state index is 11.5. The molecule has 7 heteroatoms. The summed E-state index contributed by atoms with van der Waals surface area (Å²) in [6.07, 6.45) is 3.29. The summed E-state index contributed by atoms with van der Waals surface area (Å²) in [6.45, 7) is 1.85. The highest BCUT2D eigenvalue weighted by molar-refractivity contribution is 5.85. The van der Waals surface area contributed by atoms with Crippen molar-refractivity contribution in [3.63, 3.8) is 0 Å². The van der Waals surface area contributed by atoms with Crippen LogP contribution in [0, 0.1) is 0 Å². The maximum Gasteiger partial charge on any atom is 0.118 e. The van der Waals surface area contributed by atoms with E-state index in [-0.39, 0.29) is 23.9 Å². The van der Waals surface area contributed by atoms with Gasteiger partial charge in [-0.1, -0.05) is 29.5 Å². The summed E-state index contributed by atoms with van der Waals surface area (Å²) >= 11 is 0. The van der Waals surface area contributed by atoms with Crippen molar-refractivity contribution in [2.24, 2.45) is 0 Å². The largest absolute Gasteiger partial charge is 0.497 e. The zero-order valence-corrected chi connectivity index (χ0v) is 17.1. The molecule has 2 atom stereocenters. The molecule has 2 N–H and O–H groups in total. The Bertz CT molecular complexity index is 982. The molecule has 6 nitrogen and oxygen atoms in total. The van der Waals surface area contributed by atoms with Gasteiger partial charge in [0.1, 0.15) is 17.5 Å². The number of aliphatic hydroxyl groups is 1. The van der Waals surface area contributed by atoms with Gasteiger partial charge in [-0.3, -0.25) is 0 Å². The molecule has 2 aliphatic rings. The number of hydrogen-bond acceptors (Lipinski definition) is 5. The number of piperidine rings is 1. The predicted octanol–water partition coefficient (Wildman–Crippen LogP) is 2.96.